The first-order chi connectivity index (χ1) is 24.1. The van der Waals surface area contributed by atoms with Crippen molar-refractivity contribution < 1.29 is 48.1 Å². The van der Waals surface area contributed by atoms with Gasteiger partial charge in [-0.3, -0.25) is 0 Å². The van der Waals surface area contributed by atoms with Crippen LogP contribution in [0.15, 0.2) is 109 Å². The van der Waals surface area contributed by atoms with Gasteiger partial charge in [0.25, 0.3) is 0 Å². The van der Waals surface area contributed by atoms with Crippen LogP contribution in [-0.4, -0.2) is 5.43 Å². The predicted octanol–water partition coefficient (Wildman–Crippen LogP) is 8.69. The summed E-state index contributed by atoms with van der Waals surface area (Å²) in [6.45, 7) is 22.8. The van der Waals surface area contributed by atoms with E-state index in [1.54, 1.807) is 28.9 Å². The Morgan fingerprint density at radius 3 is 1.45 bits per heavy atom. The molecule has 0 spiro atoms. The fraction of sp³-hybridized carbons (Fsp3) is 0.388. The minimum atomic E-state index is 0. The van der Waals surface area contributed by atoms with Crippen molar-refractivity contribution in [1.29, 1.82) is 0 Å². The largest absolute Gasteiger partial charge is 1.00 e. The first kappa shape index (κ1) is 45.2. The van der Waals surface area contributed by atoms with Crippen LogP contribution in [0.5, 0.6) is 0 Å². The maximum absolute atomic E-state index is 2.48. The molecule has 4 heteroatoms. The molecule has 0 saturated heterocycles. The van der Waals surface area contributed by atoms with Crippen molar-refractivity contribution in [1.82, 2.24) is 0 Å². The normalized spacial score (nSPS) is 15.7. The van der Waals surface area contributed by atoms with E-state index in [1.165, 1.54) is 86.2 Å². The average Bonchev–Trinajstić information content (AvgIpc) is 3.73. The minimum absolute atomic E-state index is 0. The summed E-state index contributed by atoms with van der Waals surface area (Å²) in [6.07, 6.45) is 6.57. The second kappa shape index (κ2) is 19.6. The Labute approximate surface area is 349 Å². The molecule has 0 bridgehead atoms. The molecule has 1 fully saturated rings. The van der Waals surface area contributed by atoms with Gasteiger partial charge in [0.1, 0.15) is 0 Å². The third-order valence-electron chi connectivity index (χ3n) is 10.6. The van der Waals surface area contributed by atoms with E-state index in [0.717, 1.165) is 18.3 Å². The number of halogens is 2. The van der Waals surface area contributed by atoms with E-state index >= 15 is 0 Å². The van der Waals surface area contributed by atoms with Crippen LogP contribution in [0.4, 0.5) is 0 Å². The molecule has 1 aliphatic carbocycles. The van der Waals surface area contributed by atoms with E-state index in [2.05, 4.69) is 178 Å². The van der Waals surface area contributed by atoms with Gasteiger partial charge >= 0.3 is 41.9 Å². The molecule has 0 heterocycles. The van der Waals surface area contributed by atoms with Crippen LogP contribution in [0.25, 0.3) is 43.8 Å². The molecular weight excluding hydrogens is 779 g/mol. The Balaban J connectivity index is 0.000000255. The minimum Gasteiger partial charge on any atom is -1.00 e. The number of fused-ring (bicyclic) bond motifs is 2. The van der Waals surface area contributed by atoms with Gasteiger partial charge in [-0.1, -0.05) is 140 Å². The zero-order valence-corrected chi connectivity index (χ0v) is 38.8. The summed E-state index contributed by atoms with van der Waals surface area (Å²) in [5, 5.41) is 5.54. The summed E-state index contributed by atoms with van der Waals surface area (Å²) in [6, 6.07) is 41.1. The third kappa shape index (κ3) is 11.9. The average molecular weight is 839 g/mol. The first-order valence-corrected chi connectivity index (χ1v) is 25.4. The number of hydrogen-bond acceptors (Lipinski definition) is 0. The molecule has 0 aliphatic heterocycles. The van der Waals surface area contributed by atoms with E-state index in [0.29, 0.717) is 0 Å². The molecule has 53 heavy (non-hydrogen) atoms. The first-order valence-electron chi connectivity index (χ1n) is 19.2. The molecule has 7 rings (SSSR count). The fourth-order valence-corrected chi connectivity index (χ4v) is 7.39. The molecule has 0 radical (unpaired) electrons. The van der Waals surface area contributed by atoms with Crippen LogP contribution in [0.2, 0.25) is 13.1 Å². The summed E-state index contributed by atoms with van der Waals surface area (Å²) < 4.78 is 0. The zero-order chi connectivity index (χ0) is 36.9. The summed E-state index contributed by atoms with van der Waals surface area (Å²) in [5.41, 5.74) is 11.7. The third-order valence-corrected chi connectivity index (χ3v) is 10.6. The van der Waals surface area contributed by atoms with Gasteiger partial charge in [-0.25, -0.2) is 0 Å². The number of aryl methyl sites for hydroxylation is 1. The molecule has 0 aromatic heterocycles. The summed E-state index contributed by atoms with van der Waals surface area (Å²) in [4.78, 5) is 0. The van der Waals surface area contributed by atoms with Gasteiger partial charge < -0.3 is 24.8 Å². The van der Waals surface area contributed by atoms with E-state index in [-0.39, 0.29) is 41.1 Å². The van der Waals surface area contributed by atoms with Gasteiger partial charge in [0.05, 0.1) is 0 Å². The standard InChI is InChI=1S/C26H31.C21H23.C2H6Si.2ClH.Zr/c1-18-8-10-19(11-9-18)22-16-21-6-5-7-24(25(21)17-22)20-12-14-23(15-13-20)26(2,3)4;1-5-15-13-17-7-6-8-19(20(17)14-15)16-9-11-18(12-10-16)21(2,3)4;1-3-2;;;/h5-7,12-19H,8-11H2,1-4H3;6-14H,5H2,1-4H3;1-2H3;2*1H;/q2*-1;;;;+2/p-2. The van der Waals surface area contributed by atoms with Gasteiger partial charge in [-0.15, -0.1) is 69.1 Å². The van der Waals surface area contributed by atoms with Crippen molar-refractivity contribution in [2.45, 2.75) is 117 Å². The zero-order valence-electron chi connectivity index (χ0n) is 33.8. The molecule has 0 nitrogen and oxygen atoms in total. The monoisotopic (exact) mass is 836 g/mol. The molecule has 1 saturated carbocycles. The predicted molar refractivity (Wildman–Crippen MR) is 225 cm³/mol. The molecule has 6 aromatic carbocycles. The van der Waals surface area contributed by atoms with Gasteiger partial charge in [0.2, 0.25) is 0 Å². The van der Waals surface area contributed by atoms with Crippen molar-refractivity contribution in [2.24, 2.45) is 5.92 Å². The molecule has 0 unspecified atom stereocenters. The Bertz CT molecular complexity index is 2040. The second-order valence-electron chi connectivity index (χ2n) is 17.2. The molecule has 0 amide bonds. The van der Waals surface area contributed by atoms with Crippen LogP contribution in [-0.2, 0) is 40.6 Å². The molecule has 0 N–H and O–H groups in total. The SMILES string of the molecule is CC1CCC(c2cc3c(-c4ccc(C(C)(C)C)cc4)cccc3[cH-]2)CC1.CCc1cc2c(-c3ccc(C(C)(C)C)cc3)cccc2[cH-]1.C[Si](C)=[Zr+2].[Cl-].[Cl-]. The van der Waals surface area contributed by atoms with Crippen LogP contribution < -0.4 is 24.8 Å². The van der Waals surface area contributed by atoms with Crippen LogP contribution in [0.3, 0.4) is 0 Å². The smallest absolute Gasteiger partial charge is 1.00 e. The molecule has 280 valence electrons. The van der Waals surface area contributed by atoms with Crippen molar-refractivity contribution in [3.8, 4) is 22.3 Å². The summed E-state index contributed by atoms with van der Waals surface area (Å²) >= 11 is 1.74. The number of rotatable bonds is 4. The van der Waals surface area contributed by atoms with E-state index < -0.39 is 0 Å². The Morgan fingerprint density at radius 2 is 1.04 bits per heavy atom. The topological polar surface area (TPSA) is 0 Å². The van der Waals surface area contributed by atoms with Crippen molar-refractivity contribution in [3.05, 3.63) is 131 Å². The molecule has 1 aliphatic rings. The molecular formula is C49H60Cl2SiZr-2. The fourth-order valence-electron chi connectivity index (χ4n) is 7.39. The van der Waals surface area contributed by atoms with Gasteiger partial charge in [0.15, 0.2) is 0 Å². The van der Waals surface area contributed by atoms with Crippen molar-refractivity contribution in [3.63, 3.8) is 0 Å². The molecule has 6 aromatic rings. The van der Waals surface area contributed by atoms with Gasteiger partial charge in [0, 0.05) is 0 Å². The maximum atomic E-state index is 2.48. The van der Waals surface area contributed by atoms with Crippen LogP contribution >= 0.6 is 0 Å². The summed E-state index contributed by atoms with van der Waals surface area (Å²) in [5.74, 6) is 1.67. The Morgan fingerprint density at radius 1 is 0.623 bits per heavy atom. The van der Waals surface area contributed by atoms with E-state index in [1.807, 2.05) is 0 Å². The quantitative estimate of drug-likeness (QED) is 0.123. The van der Waals surface area contributed by atoms with Gasteiger partial charge in [-0.05, 0) is 64.2 Å². The Hall–Kier alpha value is -2.22. The van der Waals surface area contributed by atoms with E-state index in [9.17, 15) is 0 Å². The van der Waals surface area contributed by atoms with Crippen LogP contribution in [0, 0.1) is 5.92 Å². The number of benzene rings is 4. The van der Waals surface area contributed by atoms with Gasteiger partial charge in [-0.2, -0.15) is 12.1 Å². The molecule has 0 atom stereocenters. The van der Waals surface area contributed by atoms with E-state index in [4.69, 9.17) is 0 Å². The van der Waals surface area contributed by atoms with Crippen molar-refractivity contribution in [2.75, 3.05) is 0 Å². The number of hydrogen-bond donors (Lipinski definition) is 0. The van der Waals surface area contributed by atoms with Crippen molar-refractivity contribution >= 4 is 27.0 Å². The van der Waals surface area contributed by atoms with Crippen LogP contribution in [0.1, 0.15) is 109 Å². The Kier molecular flexibility index (Phi) is 16.7. The maximum Gasteiger partial charge on any atom is -1.00 e. The summed E-state index contributed by atoms with van der Waals surface area (Å²) in [7, 11) is 0. The second-order valence-corrected chi connectivity index (χ2v) is 26.6.